The molecule has 3 aromatic carbocycles. The van der Waals surface area contributed by atoms with Crippen LogP contribution >= 0.6 is 0 Å². The van der Waals surface area contributed by atoms with Gasteiger partial charge in [-0.25, -0.2) is 0 Å². The summed E-state index contributed by atoms with van der Waals surface area (Å²) in [6.45, 7) is 0.0532. The van der Waals surface area contributed by atoms with Gasteiger partial charge in [0.25, 0.3) is 0 Å². The van der Waals surface area contributed by atoms with Gasteiger partial charge >= 0.3 is 0 Å². The number of aliphatic hydroxyl groups excluding tert-OH is 1. The third-order valence-corrected chi connectivity index (χ3v) is 4.11. The van der Waals surface area contributed by atoms with Crippen LogP contribution in [0, 0.1) is 11.8 Å². The summed E-state index contributed by atoms with van der Waals surface area (Å²) in [6, 6.07) is 30.5. The van der Waals surface area contributed by atoms with Crippen LogP contribution in [0.25, 0.3) is 0 Å². The second-order valence-corrected chi connectivity index (χ2v) is 5.58. The number of aliphatic hydroxyl groups is 1. The molecule has 0 atom stereocenters. The van der Waals surface area contributed by atoms with Crippen LogP contribution in [0.3, 0.4) is 0 Å². The fourth-order valence-corrected chi connectivity index (χ4v) is 3.02. The highest BCUT2D eigenvalue weighted by Gasteiger charge is 2.37. The molecule has 0 saturated carbocycles. The summed E-state index contributed by atoms with van der Waals surface area (Å²) in [6.07, 6.45) is 0. The highest BCUT2D eigenvalue weighted by molar-refractivity contribution is 5.47. The van der Waals surface area contributed by atoms with Crippen molar-refractivity contribution in [2.75, 3.05) is 13.2 Å². The summed E-state index contributed by atoms with van der Waals surface area (Å²) in [4.78, 5) is 0. The molecule has 0 unspecified atom stereocenters. The maximum Gasteiger partial charge on any atom is 0.145 e. The normalized spacial score (nSPS) is 10.8. The van der Waals surface area contributed by atoms with E-state index in [1.807, 2.05) is 54.6 Å². The molecular formula is C23H20O2. The molecule has 0 aliphatic heterocycles. The highest BCUT2D eigenvalue weighted by Crippen LogP contribution is 2.40. The molecule has 2 heteroatoms. The van der Waals surface area contributed by atoms with Gasteiger partial charge in [-0.1, -0.05) is 103 Å². The van der Waals surface area contributed by atoms with Crippen molar-refractivity contribution < 1.29 is 9.84 Å². The molecule has 124 valence electrons. The molecule has 0 fully saturated rings. The third-order valence-electron chi connectivity index (χ3n) is 4.11. The van der Waals surface area contributed by atoms with Crippen molar-refractivity contribution in [2.24, 2.45) is 0 Å². The average Bonchev–Trinajstić information content (AvgIpc) is 2.70. The Labute approximate surface area is 148 Å². The number of rotatable bonds is 5. The maximum absolute atomic E-state index is 8.92. The second-order valence-electron chi connectivity index (χ2n) is 5.58. The lowest BCUT2D eigenvalue weighted by molar-refractivity contribution is 0.0353. The van der Waals surface area contributed by atoms with Crippen molar-refractivity contribution >= 4 is 0 Å². The van der Waals surface area contributed by atoms with Crippen molar-refractivity contribution in [3.05, 3.63) is 108 Å². The van der Waals surface area contributed by atoms with Crippen LogP contribution in [0.4, 0.5) is 0 Å². The third kappa shape index (κ3) is 3.64. The van der Waals surface area contributed by atoms with E-state index in [1.54, 1.807) is 0 Å². The highest BCUT2D eigenvalue weighted by atomic mass is 16.5. The van der Waals surface area contributed by atoms with Crippen LogP contribution < -0.4 is 0 Å². The standard InChI is InChI=1S/C23H20O2/c24-18-10-11-19-25-23(20-12-4-1-5-13-20,21-14-6-2-7-15-21)22-16-8-3-9-17-22/h1-9,12-17,24H,18-19H2. The lowest BCUT2D eigenvalue weighted by Gasteiger charge is -2.35. The Morgan fingerprint density at radius 3 is 1.40 bits per heavy atom. The molecular weight excluding hydrogens is 308 g/mol. The molecule has 1 N–H and O–H groups in total. The average molecular weight is 328 g/mol. The van der Waals surface area contributed by atoms with Gasteiger partial charge in [0.05, 0.1) is 0 Å². The minimum atomic E-state index is -0.756. The Bertz CT molecular complexity index is 734. The molecule has 0 aliphatic rings. The zero-order valence-corrected chi connectivity index (χ0v) is 13.9. The fourth-order valence-electron chi connectivity index (χ4n) is 3.02. The summed E-state index contributed by atoms with van der Waals surface area (Å²) < 4.78 is 6.41. The predicted octanol–water partition coefficient (Wildman–Crippen LogP) is 3.99. The zero-order valence-electron chi connectivity index (χ0n) is 13.9. The lowest BCUT2D eigenvalue weighted by Crippen LogP contribution is -2.33. The molecule has 0 heterocycles. The smallest absolute Gasteiger partial charge is 0.145 e. The first-order chi connectivity index (χ1) is 12.4. The molecule has 25 heavy (non-hydrogen) atoms. The molecule has 3 aromatic rings. The predicted molar refractivity (Wildman–Crippen MR) is 100 cm³/mol. The van der Waals surface area contributed by atoms with Gasteiger partial charge in [-0.2, -0.15) is 0 Å². The van der Waals surface area contributed by atoms with Gasteiger partial charge in [0.1, 0.15) is 18.8 Å². The van der Waals surface area contributed by atoms with E-state index in [4.69, 9.17) is 9.84 Å². The Balaban J connectivity index is 2.20. The molecule has 0 bridgehead atoms. The van der Waals surface area contributed by atoms with Crippen LogP contribution in [-0.2, 0) is 10.3 Å². The quantitative estimate of drug-likeness (QED) is 0.567. The van der Waals surface area contributed by atoms with Gasteiger partial charge < -0.3 is 9.84 Å². The Morgan fingerprint density at radius 1 is 0.640 bits per heavy atom. The van der Waals surface area contributed by atoms with E-state index >= 15 is 0 Å². The molecule has 0 aromatic heterocycles. The van der Waals surface area contributed by atoms with Gasteiger partial charge in [0.2, 0.25) is 0 Å². The topological polar surface area (TPSA) is 29.5 Å². The molecule has 3 rings (SSSR count). The van der Waals surface area contributed by atoms with Crippen molar-refractivity contribution in [2.45, 2.75) is 5.60 Å². The van der Waals surface area contributed by atoms with Crippen LogP contribution in [0.5, 0.6) is 0 Å². The SMILES string of the molecule is OCC#CCOC(c1ccccc1)(c1ccccc1)c1ccccc1. The number of benzene rings is 3. The van der Waals surface area contributed by atoms with Crippen LogP contribution in [0.1, 0.15) is 16.7 Å². The first kappa shape index (κ1) is 17.0. The Morgan fingerprint density at radius 2 is 1.04 bits per heavy atom. The van der Waals surface area contributed by atoms with Crippen molar-refractivity contribution in [3.8, 4) is 11.8 Å². The van der Waals surface area contributed by atoms with E-state index < -0.39 is 5.60 Å². The minimum Gasteiger partial charge on any atom is -0.384 e. The Hall–Kier alpha value is -2.86. The maximum atomic E-state index is 8.92. The summed E-state index contributed by atoms with van der Waals surface area (Å²) in [7, 11) is 0. The van der Waals surface area contributed by atoms with Crippen LogP contribution in [0.2, 0.25) is 0 Å². The van der Waals surface area contributed by atoms with E-state index in [-0.39, 0.29) is 13.2 Å². The minimum absolute atomic E-state index is 0.168. The van der Waals surface area contributed by atoms with Crippen LogP contribution in [-0.4, -0.2) is 18.3 Å². The number of hydrogen-bond donors (Lipinski definition) is 1. The van der Waals surface area contributed by atoms with Crippen molar-refractivity contribution in [1.82, 2.24) is 0 Å². The number of ether oxygens (including phenoxy) is 1. The van der Waals surface area contributed by atoms with E-state index in [9.17, 15) is 0 Å². The summed E-state index contributed by atoms with van der Waals surface area (Å²) in [5.41, 5.74) is 2.36. The Kier molecular flexibility index (Phi) is 5.64. The van der Waals surface area contributed by atoms with Gasteiger partial charge in [0, 0.05) is 0 Å². The van der Waals surface area contributed by atoms with E-state index in [1.165, 1.54) is 0 Å². The monoisotopic (exact) mass is 328 g/mol. The molecule has 0 amide bonds. The van der Waals surface area contributed by atoms with Crippen molar-refractivity contribution in [1.29, 1.82) is 0 Å². The molecule has 0 saturated heterocycles. The van der Waals surface area contributed by atoms with Gasteiger partial charge in [-0.15, -0.1) is 0 Å². The zero-order chi connectivity index (χ0) is 17.4. The first-order valence-corrected chi connectivity index (χ1v) is 8.25. The summed E-state index contributed by atoms with van der Waals surface area (Å²) in [5, 5.41) is 8.92. The molecule has 0 radical (unpaired) electrons. The van der Waals surface area contributed by atoms with E-state index in [2.05, 4.69) is 48.2 Å². The summed E-state index contributed by atoms with van der Waals surface area (Å²) >= 11 is 0. The van der Waals surface area contributed by atoms with E-state index in [0.29, 0.717) is 0 Å². The van der Waals surface area contributed by atoms with E-state index in [0.717, 1.165) is 16.7 Å². The lowest BCUT2D eigenvalue weighted by atomic mass is 9.80. The van der Waals surface area contributed by atoms with Crippen LogP contribution in [0.15, 0.2) is 91.0 Å². The van der Waals surface area contributed by atoms with Crippen molar-refractivity contribution in [3.63, 3.8) is 0 Å². The number of hydrogen-bond acceptors (Lipinski definition) is 2. The second kappa shape index (κ2) is 8.30. The first-order valence-electron chi connectivity index (χ1n) is 8.25. The van der Waals surface area contributed by atoms with Gasteiger partial charge in [-0.05, 0) is 16.7 Å². The largest absolute Gasteiger partial charge is 0.384 e. The molecule has 0 aliphatic carbocycles. The van der Waals surface area contributed by atoms with Gasteiger partial charge in [-0.3, -0.25) is 0 Å². The van der Waals surface area contributed by atoms with Gasteiger partial charge in [0.15, 0.2) is 0 Å². The molecule has 2 nitrogen and oxygen atoms in total. The fraction of sp³-hybridized carbons (Fsp3) is 0.130. The summed E-state index contributed by atoms with van der Waals surface area (Å²) in [5.74, 6) is 5.53. The molecule has 0 spiro atoms.